The van der Waals surface area contributed by atoms with Gasteiger partial charge in [0.2, 0.25) is 0 Å². The molecule has 2 rings (SSSR count). The number of nitro groups is 1. The molecule has 3 N–H and O–H groups in total. The summed E-state index contributed by atoms with van der Waals surface area (Å²) >= 11 is 5.76. The van der Waals surface area contributed by atoms with E-state index in [1.807, 2.05) is 0 Å². The molecule has 0 saturated heterocycles. The highest BCUT2D eigenvalue weighted by Crippen LogP contribution is 2.43. The highest BCUT2D eigenvalue weighted by molar-refractivity contribution is 6.32. The first-order chi connectivity index (χ1) is 8.00. The average Bonchev–Trinajstić information content (AvgIpc) is 3.05. The van der Waals surface area contributed by atoms with Gasteiger partial charge in [-0.3, -0.25) is 10.1 Å². The predicted octanol–water partition coefficient (Wildman–Crippen LogP) is 3.18. The Labute approximate surface area is 115 Å². The molecule has 100 valence electrons. The van der Waals surface area contributed by atoms with E-state index in [9.17, 15) is 15.2 Å². The van der Waals surface area contributed by atoms with Crippen molar-refractivity contribution in [2.45, 2.75) is 25.3 Å². The van der Waals surface area contributed by atoms with Crippen LogP contribution in [-0.2, 0) is 0 Å². The van der Waals surface area contributed by atoms with Gasteiger partial charge in [0.15, 0.2) is 0 Å². The van der Waals surface area contributed by atoms with Crippen LogP contribution in [0.5, 0.6) is 5.75 Å². The minimum atomic E-state index is -0.544. The lowest BCUT2D eigenvalue weighted by atomic mass is 9.99. The number of hydrogen-bond donors (Lipinski definition) is 2. The SMILES string of the molecule is Cl.N[C@@H](CC1CC1)c1c([N+](=O)[O-])ccc(Cl)c1O. The van der Waals surface area contributed by atoms with Crippen LogP contribution in [0.2, 0.25) is 5.02 Å². The van der Waals surface area contributed by atoms with Crippen molar-refractivity contribution in [2.75, 3.05) is 0 Å². The van der Waals surface area contributed by atoms with E-state index in [1.54, 1.807) is 0 Å². The number of nitro benzene ring substituents is 1. The molecule has 1 saturated carbocycles. The standard InChI is InChI=1S/C11H13ClN2O3.ClH/c12-7-3-4-9(14(16)17)10(11(7)15)8(13)5-6-1-2-6;/h3-4,6,8,15H,1-2,5,13H2;1H/t8-;/m0./s1. The Kier molecular flexibility index (Phi) is 4.78. The fourth-order valence-electron chi connectivity index (χ4n) is 1.93. The Balaban J connectivity index is 0.00000162. The lowest BCUT2D eigenvalue weighted by molar-refractivity contribution is -0.385. The first-order valence-corrected chi connectivity index (χ1v) is 5.79. The Hall–Kier alpha value is -1.04. The molecule has 0 radical (unpaired) electrons. The fraction of sp³-hybridized carbons (Fsp3) is 0.455. The van der Waals surface area contributed by atoms with Gasteiger partial charge in [0.1, 0.15) is 5.75 Å². The van der Waals surface area contributed by atoms with Crippen LogP contribution in [-0.4, -0.2) is 10.0 Å². The number of rotatable bonds is 4. The Morgan fingerprint density at radius 3 is 2.67 bits per heavy atom. The number of nitrogens with two attached hydrogens (primary N) is 1. The molecule has 0 spiro atoms. The predicted molar refractivity (Wildman–Crippen MR) is 71.3 cm³/mol. The highest BCUT2D eigenvalue weighted by atomic mass is 35.5. The quantitative estimate of drug-likeness (QED) is 0.659. The van der Waals surface area contributed by atoms with Crippen LogP contribution >= 0.6 is 24.0 Å². The molecule has 1 aliphatic carbocycles. The minimum absolute atomic E-state index is 0. The van der Waals surface area contributed by atoms with E-state index in [2.05, 4.69) is 0 Å². The molecule has 18 heavy (non-hydrogen) atoms. The van der Waals surface area contributed by atoms with Gasteiger partial charge in [0.25, 0.3) is 5.69 Å². The van der Waals surface area contributed by atoms with E-state index in [0.717, 1.165) is 12.8 Å². The molecule has 0 unspecified atom stereocenters. The highest BCUT2D eigenvalue weighted by Gasteiger charge is 2.30. The van der Waals surface area contributed by atoms with Crippen molar-refractivity contribution < 1.29 is 10.0 Å². The second-order valence-corrected chi connectivity index (χ2v) is 4.78. The van der Waals surface area contributed by atoms with Gasteiger partial charge in [-0.05, 0) is 18.4 Å². The second kappa shape index (κ2) is 5.73. The van der Waals surface area contributed by atoms with Gasteiger partial charge in [0.05, 0.1) is 15.5 Å². The van der Waals surface area contributed by atoms with Gasteiger partial charge in [-0.1, -0.05) is 24.4 Å². The zero-order valence-electron chi connectivity index (χ0n) is 9.51. The summed E-state index contributed by atoms with van der Waals surface area (Å²) in [5.74, 6) is 0.247. The number of benzene rings is 1. The molecule has 0 aromatic heterocycles. The van der Waals surface area contributed by atoms with E-state index in [-0.39, 0.29) is 34.4 Å². The lowest BCUT2D eigenvalue weighted by Gasteiger charge is -2.14. The van der Waals surface area contributed by atoms with Crippen LogP contribution in [0.3, 0.4) is 0 Å². The molecular formula is C11H14Cl2N2O3. The summed E-state index contributed by atoms with van der Waals surface area (Å²) in [7, 11) is 0. The van der Waals surface area contributed by atoms with E-state index < -0.39 is 11.0 Å². The summed E-state index contributed by atoms with van der Waals surface area (Å²) in [5, 5.41) is 20.8. The van der Waals surface area contributed by atoms with Gasteiger partial charge >= 0.3 is 0 Å². The van der Waals surface area contributed by atoms with Crippen molar-refractivity contribution in [3.63, 3.8) is 0 Å². The summed E-state index contributed by atoms with van der Waals surface area (Å²) in [6, 6.07) is 2.05. The summed E-state index contributed by atoms with van der Waals surface area (Å²) < 4.78 is 0. The third-order valence-electron chi connectivity index (χ3n) is 3.00. The van der Waals surface area contributed by atoms with E-state index in [4.69, 9.17) is 17.3 Å². The van der Waals surface area contributed by atoms with Crippen LogP contribution in [0.15, 0.2) is 12.1 Å². The van der Waals surface area contributed by atoms with Crippen molar-refractivity contribution in [1.29, 1.82) is 0 Å². The molecule has 0 heterocycles. The number of phenols is 1. The Bertz CT molecular complexity index is 464. The maximum absolute atomic E-state index is 10.9. The smallest absolute Gasteiger partial charge is 0.277 e. The van der Waals surface area contributed by atoms with Crippen LogP contribution in [0.25, 0.3) is 0 Å². The third kappa shape index (κ3) is 3.04. The largest absolute Gasteiger partial charge is 0.506 e. The van der Waals surface area contributed by atoms with Gasteiger partial charge in [-0.2, -0.15) is 0 Å². The van der Waals surface area contributed by atoms with Crippen LogP contribution < -0.4 is 5.73 Å². The molecule has 1 aromatic rings. The van der Waals surface area contributed by atoms with Gasteiger partial charge in [0, 0.05) is 12.1 Å². The van der Waals surface area contributed by atoms with E-state index in [1.165, 1.54) is 12.1 Å². The molecule has 0 amide bonds. The summed E-state index contributed by atoms with van der Waals surface area (Å²) in [6.07, 6.45) is 2.85. The van der Waals surface area contributed by atoms with Crippen LogP contribution in [0.1, 0.15) is 30.9 Å². The minimum Gasteiger partial charge on any atom is -0.506 e. The second-order valence-electron chi connectivity index (χ2n) is 4.37. The molecule has 1 fully saturated rings. The van der Waals surface area contributed by atoms with E-state index in [0.29, 0.717) is 12.3 Å². The van der Waals surface area contributed by atoms with E-state index >= 15 is 0 Å². The van der Waals surface area contributed by atoms with Crippen molar-refractivity contribution in [1.82, 2.24) is 0 Å². The molecule has 1 aromatic carbocycles. The van der Waals surface area contributed by atoms with Crippen LogP contribution in [0.4, 0.5) is 5.69 Å². The maximum Gasteiger partial charge on any atom is 0.277 e. The van der Waals surface area contributed by atoms with Crippen LogP contribution in [0, 0.1) is 16.0 Å². The number of nitrogens with zero attached hydrogens (tertiary/aromatic N) is 1. The van der Waals surface area contributed by atoms with Crippen molar-refractivity contribution >= 4 is 29.7 Å². The van der Waals surface area contributed by atoms with Gasteiger partial charge < -0.3 is 10.8 Å². The number of hydrogen-bond acceptors (Lipinski definition) is 4. The van der Waals surface area contributed by atoms with Gasteiger partial charge in [-0.25, -0.2) is 0 Å². The van der Waals surface area contributed by atoms with Crippen molar-refractivity contribution in [3.05, 3.63) is 32.8 Å². The molecule has 5 nitrogen and oxygen atoms in total. The Morgan fingerprint density at radius 2 is 2.17 bits per heavy atom. The lowest BCUT2D eigenvalue weighted by Crippen LogP contribution is -2.13. The summed E-state index contributed by atoms with van der Waals surface area (Å²) in [6.45, 7) is 0. The molecule has 0 bridgehead atoms. The van der Waals surface area contributed by atoms with Gasteiger partial charge in [-0.15, -0.1) is 12.4 Å². The zero-order chi connectivity index (χ0) is 12.6. The molecule has 1 aliphatic rings. The monoisotopic (exact) mass is 292 g/mol. The number of aromatic hydroxyl groups is 1. The zero-order valence-corrected chi connectivity index (χ0v) is 11.1. The molecule has 7 heteroatoms. The first-order valence-electron chi connectivity index (χ1n) is 5.42. The number of phenolic OH excluding ortho intramolecular Hbond substituents is 1. The van der Waals surface area contributed by atoms with Crippen molar-refractivity contribution in [3.8, 4) is 5.75 Å². The Morgan fingerprint density at radius 1 is 1.56 bits per heavy atom. The average molecular weight is 293 g/mol. The first kappa shape index (κ1) is 15.0. The summed E-state index contributed by atoms with van der Waals surface area (Å²) in [5.41, 5.74) is 5.90. The summed E-state index contributed by atoms with van der Waals surface area (Å²) in [4.78, 5) is 10.3. The topological polar surface area (TPSA) is 89.4 Å². The fourth-order valence-corrected chi connectivity index (χ4v) is 2.09. The maximum atomic E-state index is 10.9. The molecule has 1 atom stereocenters. The van der Waals surface area contributed by atoms with Crippen molar-refractivity contribution in [2.24, 2.45) is 11.7 Å². The third-order valence-corrected chi connectivity index (χ3v) is 3.30. The molecular weight excluding hydrogens is 279 g/mol. The molecule has 0 aliphatic heterocycles. The normalized spacial score (nSPS) is 15.9. The number of halogens is 2.